The Morgan fingerprint density at radius 2 is 1.94 bits per heavy atom. The Labute approximate surface area is 98.3 Å². The van der Waals surface area contributed by atoms with E-state index in [9.17, 15) is 0 Å². The summed E-state index contributed by atoms with van der Waals surface area (Å²) in [5, 5.41) is 0. The number of rotatable bonds is 2. The van der Waals surface area contributed by atoms with Crippen molar-refractivity contribution in [3.05, 3.63) is 54.9 Å². The van der Waals surface area contributed by atoms with E-state index in [0.29, 0.717) is 17.3 Å². The van der Waals surface area contributed by atoms with Gasteiger partial charge in [-0.2, -0.15) is 0 Å². The van der Waals surface area contributed by atoms with Gasteiger partial charge in [-0.25, -0.2) is 4.98 Å². The molecule has 0 spiro atoms. The first-order chi connectivity index (χ1) is 8.34. The largest absolute Gasteiger partial charge is 0.438 e. The van der Waals surface area contributed by atoms with E-state index in [-0.39, 0.29) is 0 Å². The van der Waals surface area contributed by atoms with Crippen LogP contribution in [-0.4, -0.2) is 9.38 Å². The van der Waals surface area contributed by atoms with E-state index in [0.717, 1.165) is 5.65 Å². The number of hydrogen-bond acceptors (Lipinski definition) is 3. The summed E-state index contributed by atoms with van der Waals surface area (Å²) in [6, 6.07) is 13.1. The lowest BCUT2D eigenvalue weighted by molar-refractivity contribution is 0.458. The first-order valence-corrected chi connectivity index (χ1v) is 5.29. The monoisotopic (exact) mass is 225 g/mol. The second-order valence-corrected chi connectivity index (χ2v) is 3.66. The highest BCUT2D eigenvalue weighted by Gasteiger charge is 2.04. The van der Waals surface area contributed by atoms with Gasteiger partial charge in [-0.1, -0.05) is 18.2 Å². The number of aromatic nitrogens is 2. The summed E-state index contributed by atoms with van der Waals surface area (Å²) in [6.45, 7) is 0. The standard InChI is InChI=1S/C13H11N3O/c14-10-4-1-2-5-11(10)17-13-7-3-6-12-15-8-9-16(12)13/h1-9H,14H2. The van der Waals surface area contributed by atoms with Crippen molar-refractivity contribution >= 4 is 11.3 Å². The van der Waals surface area contributed by atoms with Gasteiger partial charge in [0, 0.05) is 12.4 Å². The van der Waals surface area contributed by atoms with Crippen molar-refractivity contribution < 1.29 is 4.74 Å². The van der Waals surface area contributed by atoms with Crippen LogP contribution in [0.1, 0.15) is 0 Å². The maximum absolute atomic E-state index is 5.84. The molecule has 2 N–H and O–H groups in total. The number of nitrogens with zero attached hydrogens (tertiary/aromatic N) is 2. The minimum atomic E-state index is 0.615. The molecule has 0 aliphatic heterocycles. The van der Waals surface area contributed by atoms with E-state index in [1.807, 2.05) is 53.1 Å². The quantitative estimate of drug-likeness (QED) is 0.682. The topological polar surface area (TPSA) is 52.5 Å². The molecule has 3 rings (SSSR count). The number of pyridine rings is 1. The van der Waals surface area contributed by atoms with Gasteiger partial charge in [-0.05, 0) is 24.3 Å². The molecule has 0 saturated heterocycles. The van der Waals surface area contributed by atoms with Crippen molar-refractivity contribution in [2.45, 2.75) is 0 Å². The van der Waals surface area contributed by atoms with E-state index in [4.69, 9.17) is 10.5 Å². The number of para-hydroxylation sites is 2. The molecular formula is C13H11N3O. The highest BCUT2D eigenvalue weighted by molar-refractivity contribution is 5.53. The Morgan fingerprint density at radius 3 is 2.82 bits per heavy atom. The van der Waals surface area contributed by atoms with Gasteiger partial charge < -0.3 is 10.5 Å². The van der Waals surface area contributed by atoms with E-state index in [2.05, 4.69) is 4.98 Å². The first kappa shape index (κ1) is 9.72. The number of hydrogen-bond donors (Lipinski definition) is 1. The summed E-state index contributed by atoms with van der Waals surface area (Å²) >= 11 is 0. The molecule has 2 heterocycles. The summed E-state index contributed by atoms with van der Waals surface area (Å²) in [6.07, 6.45) is 3.58. The lowest BCUT2D eigenvalue weighted by Crippen LogP contribution is -1.95. The zero-order chi connectivity index (χ0) is 11.7. The van der Waals surface area contributed by atoms with Crippen molar-refractivity contribution in [2.24, 2.45) is 0 Å². The normalized spacial score (nSPS) is 10.6. The highest BCUT2D eigenvalue weighted by atomic mass is 16.5. The molecule has 0 aliphatic carbocycles. The van der Waals surface area contributed by atoms with Gasteiger partial charge in [0.15, 0.2) is 5.75 Å². The molecule has 0 bridgehead atoms. The van der Waals surface area contributed by atoms with Crippen LogP contribution in [0.2, 0.25) is 0 Å². The van der Waals surface area contributed by atoms with Crippen LogP contribution in [0.5, 0.6) is 11.6 Å². The summed E-state index contributed by atoms with van der Waals surface area (Å²) < 4.78 is 7.65. The zero-order valence-corrected chi connectivity index (χ0v) is 9.08. The minimum Gasteiger partial charge on any atom is -0.438 e. The molecule has 0 aliphatic rings. The molecule has 1 aromatic carbocycles. The lowest BCUT2D eigenvalue weighted by atomic mass is 10.3. The maximum atomic E-state index is 5.84. The average molecular weight is 225 g/mol. The van der Waals surface area contributed by atoms with Gasteiger partial charge in [0.1, 0.15) is 5.65 Å². The molecular weight excluding hydrogens is 214 g/mol. The van der Waals surface area contributed by atoms with Gasteiger partial charge in [-0.3, -0.25) is 4.40 Å². The molecule has 0 fully saturated rings. The number of nitrogens with two attached hydrogens (primary N) is 1. The first-order valence-electron chi connectivity index (χ1n) is 5.29. The molecule has 3 aromatic rings. The number of benzene rings is 1. The van der Waals surface area contributed by atoms with Gasteiger partial charge in [0.2, 0.25) is 5.88 Å². The second-order valence-electron chi connectivity index (χ2n) is 3.66. The molecule has 2 aromatic heterocycles. The Balaban J connectivity index is 2.06. The lowest BCUT2D eigenvalue weighted by Gasteiger charge is -2.09. The Morgan fingerprint density at radius 1 is 1.06 bits per heavy atom. The number of fused-ring (bicyclic) bond motifs is 1. The third-order valence-corrected chi connectivity index (χ3v) is 2.52. The fourth-order valence-electron chi connectivity index (χ4n) is 1.69. The summed E-state index contributed by atoms with van der Waals surface area (Å²) in [4.78, 5) is 4.20. The van der Waals surface area contributed by atoms with E-state index >= 15 is 0 Å². The van der Waals surface area contributed by atoms with Crippen molar-refractivity contribution in [2.75, 3.05) is 5.73 Å². The van der Waals surface area contributed by atoms with Gasteiger partial charge >= 0.3 is 0 Å². The van der Waals surface area contributed by atoms with Crippen LogP contribution in [0.15, 0.2) is 54.9 Å². The molecule has 17 heavy (non-hydrogen) atoms. The third kappa shape index (κ3) is 1.69. The molecule has 0 unspecified atom stereocenters. The predicted molar refractivity (Wildman–Crippen MR) is 66.1 cm³/mol. The van der Waals surface area contributed by atoms with Crippen molar-refractivity contribution in [1.29, 1.82) is 0 Å². The van der Waals surface area contributed by atoms with E-state index in [1.54, 1.807) is 6.20 Å². The van der Waals surface area contributed by atoms with Crippen LogP contribution < -0.4 is 10.5 Å². The smallest absolute Gasteiger partial charge is 0.205 e. The van der Waals surface area contributed by atoms with Crippen LogP contribution in [0.3, 0.4) is 0 Å². The molecule has 84 valence electrons. The van der Waals surface area contributed by atoms with E-state index < -0.39 is 0 Å². The molecule has 0 saturated carbocycles. The van der Waals surface area contributed by atoms with Gasteiger partial charge in [-0.15, -0.1) is 0 Å². The Kier molecular flexibility index (Phi) is 2.19. The van der Waals surface area contributed by atoms with Gasteiger partial charge in [0.25, 0.3) is 0 Å². The Hall–Kier alpha value is -2.49. The number of anilines is 1. The number of nitrogen functional groups attached to an aromatic ring is 1. The maximum Gasteiger partial charge on any atom is 0.205 e. The number of ether oxygens (including phenoxy) is 1. The number of imidazole rings is 1. The molecule has 0 atom stereocenters. The molecule has 4 nitrogen and oxygen atoms in total. The van der Waals surface area contributed by atoms with Crippen molar-refractivity contribution in [3.8, 4) is 11.6 Å². The summed E-state index contributed by atoms with van der Waals surface area (Å²) in [5.74, 6) is 1.34. The fourth-order valence-corrected chi connectivity index (χ4v) is 1.69. The molecule has 0 radical (unpaired) electrons. The van der Waals surface area contributed by atoms with Gasteiger partial charge in [0.05, 0.1) is 5.69 Å². The average Bonchev–Trinajstić information content (AvgIpc) is 2.81. The fraction of sp³-hybridized carbons (Fsp3) is 0. The van der Waals surface area contributed by atoms with Crippen LogP contribution in [0.25, 0.3) is 5.65 Å². The van der Waals surface area contributed by atoms with Crippen LogP contribution in [-0.2, 0) is 0 Å². The van der Waals surface area contributed by atoms with Crippen LogP contribution >= 0.6 is 0 Å². The van der Waals surface area contributed by atoms with E-state index in [1.165, 1.54) is 0 Å². The third-order valence-electron chi connectivity index (χ3n) is 2.52. The van der Waals surface area contributed by atoms with Crippen LogP contribution in [0.4, 0.5) is 5.69 Å². The van der Waals surface area contributed by atoms with Crippen molar-refractivity contribution in [3.63, 3.8) is 0 Å². The zero-order valence-electron chi connectivity index (χ0n) is 9.08. The highest BCUT2D eigenvalue weighted by Crippen LogP contribution is 2.26. The predicted octanol–water partition coefficient (Wildman–Crippen LogP) is 2.71. The summed E-state index contributed by atoms with van der Waals surface area (Å²) in [7, 11) is 0. The van der Waals surface area contributed by atoms with Crippen LogP contribution in [0, 0.1) is 0 Å². The Bertz CT molecular complexity index is 660. The summed E-state index contributed by atoms with van der Waals surface area (Å²) in [5.41, 5.74) is 7.30. The van der Waals surface area contributed by atoms with Crippen molar-refractivity contribution in [1.82, 2.24) is 9.38 Å². The molecule has 4 heteroatoms. The molecule has 0 amide bonds. The SMILES string of the molecule is Nc1ccccc1Oc1cccc2nccn12. The second kappa shape index (κ2) is 3.83. The minimum absolute atomic E-state index is 0.615.